The first-order valence-electron chi connectivity index (χ1n) is 6.72. The zero-order chi connectivity index (χ0) is 15.0. The number of fused-ring (bicyclic) bond motifs is 1. The minimum atomic E-state index is -3.41. The summed E-state index contributed by atoms with van der Waals surface area (Å²) in [6.07, 6.45) is 1.69. The molecule has 1 aliphatic rings. The summed E-state index contributed by atoms with van der Waals surface area (Å²) in [5.41, 5.74) is 2.81. The molecule has 0 bridgehead atoms. The Hall–Kier alpha value is -2.07. The lowest BCUT2D eigenvalue weighted by molar-refractivity contribution is 0.359. The van der Waals surface area contributed by atoms with Crippen LogP contribution < -0.4 is 4.74 Å². The number of aryl methyl sites for hydroxylation is 2. The Labute approximate surface area is 124 Å². The summed E-state index contributed by atoms with van der Waals surface area (Å²) < 4.78 is 30.5. The van der Waals surface area contributed by atoms with Gasteiger partial charge >= 0.3 is 0 Å². The second-order valence-corrected chi connectivity index (χ2v) is 7.23. The summed E-state index contributed by atoms with van der Waals surface area (Å²) in [5, 5.41) is 0. The number of benzene rings is 2. The van der Waals surface area contributed by atoms with Gasteiger partial charge in [0.05, 0.1) is 9.80 Å². The number of sulfone groups is 1. The van der Waals surface area contributed by atoms with Crippen LogP contribution in [0.5, 0.6) is 5.75 Å². The monoisotopic (exact) mass is 300 g/mol. The Kier molecular flexibility index (Phi) is 3.33. The zero-order valence-corrected chi connectivity index (χ0v) is 12.8. The standard InChI is InChI=1S/C17H16O3S/c1-12-4-7-15(8-5-12)20-11-16-10-14-6-3-13(2)9-17(14)21(16,18)19/h3-10H,11H2,1-2H3. The van der Waals surface area contributed by atoms with Gasteiger partial charge in [-0.15, -0.1) is 0 Å². The first kappa shape index (κ1) is 13.9. The van der Waals surface area contributed by atoms with Crippen LogP contribution in [0, 0.1) is 13.8 Å². The SMILES string of the molecule is Cc1ccc(OCC2=Cc3ccc(C)cc3S2(=O)=O)cc1. The van der Waals surface area contributed by atoms with Gasteiger partial charge in [-0.2, -0.15) is 0 Å². The predicted octanol–water partition coefficient (Wildman–Crippen LogP) is 3.51. The van der Waals surface area contributed by atoms with Crippen LogP contribution in [-0.2, 0) is 9.84 Å². The van der Waals surface area contributed by atoms with E-state index >= 15 is 0 Å². The quantitative estimate of drug-likeness (QED) is 0.871. The fraction of sp³-hybridized carbons (Fsp3) is 0.176. The van der Waals surface area contributed by atoms with E-state index in [0.29, 0.717) is 15.6 Å². The molecule has 0 saturated carbocycles. The van der Waals surface area contributed by atoms with Crippen LogP contribution in [0.1, 0.15) is 16.7 Å². The Morgan fingerprint density at radius 1 is 0.952 bits per heavy atom. The maximum atomic E-state index is 12.5. The molecule has 0 unspecified atom stereocenters. The third kappa shape index (κ3) is 2.59. The van der Waals surface area contributed by atoms with E-state index in [1.165, 1.54) is 0 Å². The van der Waals surface area contributed by atoms with Gasteiger partial charge in [0, 0.05) is 0 Å². The van der Waals surface area contributed by atoms with Crippen molar-refractivity contribution >= 4 is 15.9 Å². The molecule has 0 atom stereocenters. The van der Waals surface area contributed by atoms with Crippen LogP contribution in [0.3, 0.4) is 0 Å². The van der Waals surface area contributed by atoms with Gasteiger partial charge in [-0.25, -0.2) is 8.42 Å². The molecule has 0 aliphatic carbocycles. The molecule has 0 saturated heterocycles. The highest BCUT2D eigenvalue weighted by molar-refractivity contribution is 7.95. The van der Waals surface area contributed by atoms with Gasteiger partial charge in [-0.1, -0.05) is 29.8 Å². The van der Waals surface area contributed by atoms with E-state index in [1.807, 2.05) is 50.2 Å². The Balaban J connectivity index is 1.83. The minimum Gasteiger partial charge on any atom is -0.488 e. The summed E-state index contributed by atoms with van der Waals surface area (Å²) in [5.74, 6) is 0.670. The highest BCUT2D eigenvalue weighted by Gasteiger charge is 2.29. The van der Waals surface area contributed by atoms with Gasteiger partial charge in [-0.05, 0) is 49.2 Å². The minimum absolute atomic E-state index is 0.0547. The van der Waals surface area contributed by atoms with E-state index in [0.717, 1.165) is 16.7 Å². The van der Waals surface area contributed by atoms with E-state index in [9.17, 15) is 8.42 Å². The molecule has 0 N–H and O–H groups in total. The van der Waals surface area contributed by atoms with E-state index in [2.05, 4.69) is 0 Å². The van der Waals surface area contributed by atoms with Crippen LogP contribution in [0.25, 0.3) is 6.08 Å². The Morgan fingerprint density at radius 2 is 1.62 bits per heavy atom. The van der Waals surface area contributed by atoms with Crippen molar-refractivity contribution in [2.75, 3.05) is 6.61 Å². The van der Waals surface area contributed by atoms with Crippen molar-refractivity contribution in [3.05, 3.63) is 64.1 Å². The van der Waals surface area contributed by atoms with Crippen LogP contribution in [0.4, 0.5) is 0 Å². The molecule has 2 aromatic rings. The molecule has 21 heavy (non-hydrogen) atoms. The largest absolute Gasteiger partial charge is 0.488 e. The number of hydrogen-bond donors (Lipinski definition) is 0. The summed E-state index contributed by atoms with van der Waals surface area (Å²) >= 11 is 0. The van der Waals surface area contributed by atoms with Gasteiger partial charge < -0.3 is 4.74 Å². The first-order chi connectivity index (χ1) is 9.96. The van der Waals surface area contributed by atoms with Crippen molar-refractivity contribution in [2.24, 2.45) is 0 Å². The predicted molar refractivity (Wildman–Crippen MR) is 83.0 cm³/mol. The lowest BCUT2D eigenvalue weighted by Crippen LogP contribution is -2.09. The van der Waals surface area contributed by atoms with Crippen molar-refractivity contribution in [1.29, 1.82) is 0 Å². The molecule has 0 fully saturated rings. The third-order valence-electron chi connectivity index (χ3n) is 3.52. The van der Waals surface area contributed by atoms with Crippen LogP contribution in [0.15, 0.2) is 52.3 Å². The zero-order valence-electron chi connectivity index (χ0n) is 12.0. The smallest absolute Gasteiger partial charge is 0.206 e. The Bertz CT molecular complexity index is 816. The summed E-state index contributed by atoms with van der Waals surface area (Å²) in [6, 6.07) is 13.0. The average molecular weight is 300 g/mol. The van der Waals surface area contributed by atoms with Crippen molar-refractivity contribution in [3.63, 3.8) is 0 Å². The maximum absolute atomic E-state index is 12.5. The molecule has 1 aliphatic heterocycles. The maximum Gasteiger partial charge on any atom is 0.206 e. The summed E-state index contributed by atoms with van der Waals surface area (Å²) in [6.45, 7) is 3.93. The summed E-state index contributed by atoms with van der Waals surface area (Å²) in [7, 11) is -3.41. The number of ether oxygens (including phenoxy) is 1. The molecule has 0 aromatic heterocycles. The van der Waals surface area contributed by atoms with E-state index < -0.39 is 9.84 Å². The molecule has 3 nitrogen and oxygen atoms in total. The normalized spacial score (nSPS) is 15.4. The van der Waals surface area contributed by atoms with Crippen molar-refractivity contribution < 1.29 is 13.2 Å². The highest BCUT2D eigenvalue weighted by Crippen LogP contribution is 2.33. The molecule has 4 heteroatoms. The molecule has 1 heterocycles. The summed E-state index contributed by atoms with van der Waals surface area (Å²) in [4.78, 5) is 0.689. The van der Waals surface area contributed by atoms with Crippen LogP contribution in [0.2, 0.25) is 0 Å². The van der Waals surface area contributed by atoms with Gasteiger partial charge in [0.1, 0.15) is 12.4 Å². The van der Waals surface area contributed by atoms with E-state index in [4.69, 9.17) is 4.74 Å². The first-order valence-corrected chi connectivity index (χ1v) is 8.21. The molecule has 3 rings (SSSR count). The molecular formula is C17H16O3S. The number of hydrogen-bond acceptors (Lipinski definition) is 3. The van der Waals surface area contributed by atoms with E-state index in [1.54, 1.807) is 12.1 Å². The lowest BCUT2D eigenvalue weighted by atomic mass is 10.1. The molecule has 0 radical (unpaired) electrons. The Morgan fingerprint density at radius 3 is 2.33 bits per heavy atom. The van der Waals surface area contributed by atoms with Gasteiger partial charge in [0.2, 0.25) is 9.84 Å². The highest BCUT2D eigenvalue weighted by atomic mass is 32.2. The second kappa shape index (κ2) is 5.04. The third-order valence-corrected chi connectivity index (χ3v) is 5.38. The molecule has 108 valence electrons. The van der Waals surface area contributed by atoms with Crippen molar-refractivity contribution in [1.82, 2.24) is 0 Å². The van der Waals surface area contributed by atoms with Crippen molar-refractivity contribution in [2.45, 2.75) is 18.7 Å². The van der Waals surface area contributed by atoms with Crippen LogP contribution in [-0.4, -0.2) is 15.0 Å². The van der Waals surface area contributed by atoms with Gasteiger partial charge in [-0.3, -0.25) is 0 Å². The molecular weight excluding hydrogens is 284 g/mol. The topological polar surface area (TPSA) is 43.4 Å². The number of rotatable bonds is 3. The molecule has 0 spiro atoms. The van der Waals surface area contributed by atoms with Crippen LogP contribution >= 0.6 is 0 Å². The second-order valence-electron chi connectivity index (χ2n) is 5.26. The van der Waals surface area contributed by atoms with Crippen molar-refractivity contribution in [3.8, 4) is 5.75 Å². The lowest BCUT2D eigenvalue weighted by Gasteiger charge is -2.07. The van der Waals surface area contributed by atoms with Gasteiger partial charge in [0.15, 0.2) is 0 Å². The molecule has 2 aromatic carbocycles. The fourth-order valence-electron chi connectivity index (χ4n) is 2.29. The fourth-order valence-corrected chi connectivity index (χ4v) is 3.85. The average Bonchev–Trinajstić information content (AvgIpc) is 2.70. The van der Waals surface area contributed by atoms with Gasteiger partial charge in [0.25, 0.3) is 0 Å². The molecule has 0 amide bonds. The van der Waals surface area contributed by atoms with E-state index in [-0.39, 0.29) is 6.61 Å².